The molecule has 2 aromatic rings. The Hall–Kier alpha value is -2.07. The van der Waals surface area contributed by atoms with E-state index in [1.165, 1.54) is 0 Å². The predicted molar refractivity (Wildman–Crippen MR) is 82.8 cm³/mol. The standard InChI is InChI=1S/C16H16ClNO3/c17-15-12-3-1-2-8-18(10-4-6-11(19)7-5-10)13(12)9-14(20)16(15)21/h4-7,9,19-21H,1-3,8H2. The van der Waals surface area contributed by atoms with Gasteiger partial charge in [0.25, 0.3) is 0 Å². The molecule has 5 heteroatoms. The van der Waals surface area contributed by atoms with Crippen molar-refractivity contribution in [3.63, 3.8) is 0 Å². The Morgan fingerprint density at radius 3 is 2.43 bits per heavy atom. The zero-order valence-corrected chi connectivity index (χ0v) is 12.1. The fourth-order valence-electron chi connectivity index (χ4n) is 2.72. The Kier molecular flexibility index (Phi) is 3.55. The van der Waals surface area contributed by atoms with Crippen LogP contribution >= 0.6 is 11.6 Å². The van der Waals surface area contributed by atoms with Crippen molar-refractivity contribution < 1.29 is 15.3 Å². The van der Waals surface area contributed by atoms with E-state index in [1.807, 2.05) is 17.0 Å². The topological polar surface area (TPSA) is 63.9 Å². The summed E-state index contributed by atoms with van der Waals surface area (Å²) < 4.78 is 0. The fraction of sp³-hybridized carbons (Fsp3) is 0.250. The second-order valence-corrected chi connectivity index (χ2v) is 5.56. The van der Waals surface area contributed by atoms with Gasteiger partial charge in [-0.15, -0.1) is 0 Å². The van der Waals surface area contributed by atoms with Crippen LogP contribution in [0.5, 0.6) is 17.2 Å². The number of benzene rings is 2. The van der Waals surface area contributed by atoms with Gasteiger partial charge in [0.15, 0.2) is 11.5 Å². The normalized spacial score (nSPS) is 14.6. The lowest BCUT2D eigenvalue weighted by molar-refractivity contribution is 0.403. The lowest BCUT2D eigenvalue weighted by atomic mass is 10.1. The maximum absolute atomic E-state index is 9.86. The van der Waals surface area contributed by atoms with Gasteiger partial charge in [0.05, 0.1) is 5.02 Å². The van der Waals surface area contributed by atoms with Crippen molar-refractivity contribution in [1.82, 2.24) is 0 Å². The number of phenolic OH excluding ortho intramolecular Hbond substituents is 3. The number of anilines is 2. The molecule has 2 aromatic carbocycles. The maximum atomic E-state index is 9.86. The second kappa shape index (κ2) is 5.37. The highest BCUT2D eigenvalue weighted by Gasteiger charge is 2.23. The Bertz CT molecular complexity index is 670. The molecule has 0 fully saturated rings. The summed E-state index contributed by atoms with van der Waals surface area (Å²) in [6, 6.07) is 8.45. The van der Waals surface area contributed by atoms with Crippen LogP contribution in [0.4, 0.5) is 11.4 Å². The minimum Gasteiger partial charge on any atom is -0.508 e. The van der Waals surface area contributed by atoms with Crippen molar-refractivity contribution in [3.05, 3.63) is 40.9 Å². The second-order valence-electron chi connectivity index (χ2n) is 5.18. The first-order valence-corrected chi connectivity index (χ1v) is 7.25. The molecule has 0 unspecified atom stereocenters. The lowest BCUT2D eigenvalue weighted by Crippen LogP contribution is -2.17. The number of halogens is 1. The van der Waals surface area contributed by atoms with Gasteiger partial charge in [0, 0.05) is 24.0 Å². The summed E-state index contributed by atoms with van der Waals surface area (Å²) in [6.45, 7) is 0.790. The number of hydrogen-bond acceptors (Lipinski definition) is 4. The van der Waals surface area contributed by atoms with Crippen LogP contribution in [-0.2, 0) is 6.42 Å². The third-order valence-corrected chi connectivity index (χ3v) is 4.22. The predicted octanol–water partition coefficient (Wildman–Crippen LogP) is 3.93. The molecule has 0 atom stereocenters. The number of fused-ring (bicyclic) bond motifs is 1. The third-order valence-electron chi connectivity index (χ3n) is 3.81. The summed E-state index contributed by atoms with van der Waals surface area (Å²) in [6.07, 6.45) is 2.70. The molecule has 0 radical (unpaired) electrons. The van der Waals surface area contributed by atoms with E-state index < -0.39 is 0 Å². The first-order valence-electron chi connectivity index (χ1n) is 6.88. The van der Waals surface area contributed by atoms with Crippen LogP contribution in [0.25, 0.3) is 0 Å². The molecule has 0 saturated carbocycles. The van der Waals surface area contributed by atoms with E-state index in [1.54, 1.807) is 18.2 Å². The van der Waals surface area contributed by atoms with E-state index in [2.05, 4.69) is 0 Å². The smallest absolute Gasteiger partial charge is 0.176 e. The van der Waals surface area contributed by atoms with Gasteiger partial charge >= 0.3 is 0 Å². The minimum absolute atomic E-state index is 0.209. The van der Waals surface area contributed by atoms with Crippen LogP contribution in [0.1, 0.15) is 18.4 Å². The molecule has 4 nitrogen and oxygen atoms in total. The molecule has 3 N–H and O–H groups in total. The summed E-state index contributed by atoms with van der Waals surface area (Å²) in [7, 11) is 0. The van der Waals surface area contributed by atoms with E-state index in [0.717, 1.165) is 42.7 Å². The summed E-state index contributed by atoms with van der Waals surface area (Å²) in [5.74, 6) is -0.271. The van der Waals surface area contributed by atoms with Crippen molar-refractivity contribution >= 4 is 23.0 Å². The fourth-order valence-corrected chi connectivity index (χ4v) is 3.01. The highest BCUT2D eigenvalue weighted by molar-refractivity contribution is 6.33. The molecule has 0 saturated heterocycles. The summed E-state index contributed by atoms with van der Waals surface area (Å²) in [5, 5.41) is 29.3. The van der Waals surface area contributed by atoms with Gasteiger partial charge in [0.1, 0.15) is 5.75 Å². The van der Waals surface area contributed by atoms with Gasteiger partial charge in [-0.25, -0.2) is 0 Å². The van der Waals surface area contributed by atoms with Crippen molar-refractivity contribution in [3.8, 4) is 17.2 Å². The first kappa shape index (κ1) is 13.9. The molecule has 3 rings (SSSR count). The van der Waals surface area contributed by atoms with Gasteiger partial charge in [0.2, 0.25) is 0 Å². The van der Waals surface area contributed by atoms with E-state index in [4.69, 9.17) is 11.6 Å². The van der Waals surface area contributed by atoms with Gasteiger partial charge < -0.3 is 20.2 Å². The molecule has 0 bridgehead atoms. The maximum Gasteiger partial charge on any atom is 0.176 e. The number of aromatic hydroxyl groups is 3. The van der Waals surface area contributed by atoms with Crippen LogP contribution in [0.3, 0.4) is 0 Å². The molecular formula is C16H16ClNO3. The minimum atomic E-state index is -0.261. The SMILES string of the molecule is Oc1ccc(N2CCCCc3c2cc(O)c(O)c3Cl)cc1. The monoisotopic (exact) mass is 305 g/mol. The molecule has 110 valence electrons. The molecular weight excluding hydrogens is 290 g/mol. The molecule has 0 aliphatic carbocycles. The van der Waals surface area contributed by atoms with E-state index in [-0.39, 0.29) is 22.3 Å². The molecule has 0 aromatic heterocycles. The Balaban J connectivity index is 2.14. The molecule has 1 heterocycles. The zero-order valence-electron chi connectivity index (χ0n) is 11.4. The molecule has 1 aliphatic heterocycles. The number of phenols is 3. The first-order chi connectivity index (χ1) is 10.1. The van der Waals surface area contributed by atoms with Gasteiger partial charge in [-0.2, -0.15) is 0 Å². The summed E-state index contributed by atoms with van der Waals surface area (Å²) in [5.41, 5.74) is 2.56. The molecule has 0 spiro atoms. The van der Waals surface area contributed by atoms with Crippen molar-refractivity contribution in [2.24, 2.45) is 0 Å². The third kappa shape index (κ3) is 2.47. The van der Waals surface area contributed by atoms with Gasteiger partial charge in [-0.1, -0.05) is 11.6 Å². The van der Waals surface area contributed by atoms with Gasteiger partial charge in [-0.05, 0) is 49.1 Å². The van der Waals surface area contributed by atoms with Crippen LogP contribution < -0.4 is 4.90 Å². The Morgan fingerprint density at radius 1 is 1.00 bits per heavy atom. The van der Waals surface area contributed by atoms with E-state index in [0.29, 0.717) is 0 Å². The number of hydrogen-bond donors (Lipinski definition) is 3. The molecule has 21 heavy (non-hydrogen) atoms. The van der Waals surface area contributed by atoms with Crippen LogP contribution in [0, 0.1) is 0 Å². The number of nitrogens with zero attached hydrogens (tertiary/aromatic N) is 1. The highest BCUT2D eigenvalue weighted by Crippen LogP contribution is 2.45. The zero-order chi connectivity index (χ0) is 15.0. The summed E-state index contributed by atoms with van der Waals surface area (Å²) >= 11 is 6.19. The van der Waals surface area contributed by atoms with Crippen LogP contribution in [0.15, 0.2) is 30.3 Å². The average molecular weight is 306 g/mol. The van der Waals surface area contributed by atoms with Crippen molar-refractivity contribution in [1.29, 1.82) is 0 Å². The quantitative estimate of drug-likeness (QED) is 0.698. The van der Waals surface area contributed by atoms with Crippen LogP contribution in [0.2, 0.25) is 5.02 Å². The van der Waals surface area contributed by atoms with Crippen molar-refractivity contribution in [2.75, 3.05) is 11.4 Å². The Labute approximate surface area is 127 Å². The van der Waals surface area contributed by atoms with E-state index >= 15 is 0 Å². The molecule has 0 amide bonds. The average Bonchev–Trinajstić information content (AvgIpc) is 2.68. The lowest BCUT2D eigenvalue weighted by Gasteiger charge is -2.26. The van der Waals surface area contributed by atoms with Gasteiger partial charge in [-0.3, -0.25) is 0 Å². The summed E-state index contributed by atoms with van der Waals surface area (Å²) in [4.78, 5) is 2.05. The molecule has 1 aliphatic rings. The number of rotatable bonds is 1. The largest absolute Gasteiger partial charge is 0.508 e. The van der Waals surface area contributed by atoms with Crippen molar-refractivity contribution in [2.45, 2.75) is 19.3 Å². The Morgan fingerprint density at radius 2 is 1.71 bits per heavy atom. The van der Waals surface area contributed by atoms with Crippen LogP contribution in [-0.4, -0.2) is 21.9 Å². The highest BCUT2D eigenvalue weighted by atomic mass is 35.5. The van der Waals surface area contributed by atoms with E-state index in [9.17, 15) is 15.3 Å².